The first-order valence-electron chi connectivity index (χ1n) is 10.7. The molecule has 166 valence electrons. The number of ether oxygens (including phenoxy) is 1. The lowest BCUT2D eigenvalue weighted by Gasteiger charge is -2.30. The molecule has 2 atom stereocenters. The summed E-state index contributed by atoms with van der Waals surface area (Å²) in [5, 5.41) is 3.78. The second-order valence-electron chi connectivity index (χ2n) is 9.06. The molecule has 1 fully saturated rings. The number of amides is 2. The van der Waals surface area contributed by atoms with E-state index < -0.39 is 17.7 Å². The molecule has 1 saturated heterocycles. The molecule has 0 bridgehead atoms. The average Bonchev–Trinajstić information content (AvgIpc) is 3.37. The summed E-state index contributed by atoms with van der Waals surface area (Å²) in [6.45, 7) is 5.87. The van der Waals surface area contributed by atoms with Gasteiger partial charge in [-0.2, -0.15) is 0 Å². The van der Waals surface area contributed by atoms with Crippen LogP contribution in [0.25, 0.3) is 10.9 Å². The zero-order valence-electron chi connectivity index (χ0n) is 18.4. The molecule has 2 amide bonds. The van der Waals surface area contributed by atoms with Crippen LogP contribution in [0.2, 0.25) is 0 Å². The molecule has 7 heteroatoms. The van der Waals surface area contributed by atoms with E-state index >= 15 is 0 Å². The predicted molar refractivity (Wildman–Crippen MR) is 123 cm³/mol. The fourth-order valence-corrected chi connectivity index (χ4v) is 4.20. The molecule has 32 heavy (non-hydrogen) atoms. The molecule has 1 aliphatic rings. The number of hydrogen-bond donors (Lipinski definition) is 2. The van der Waals surface area contributed by atoms with E-state index in [4.69, 9.17) is 4.74 Å². The van der Waals surface area contributed by atoms with Gasteiger partial charge in [-0.3, -0.25) is 14.5 Å². The van der Waals surface area contributed by atoms with Crippen LogP contribution in [0.15, 0.2) is 54.6 Å². The smallest absolute Gasteiger partial charge is 0.410 e. The maximum absolute atomic E-state index is 13.5. The van der Waals surface area contributed by atoms with Crippen LogP contribution in [0.4, 0.5) is 10.5 Å². The lowest BCUT2D eigenvalue weighted by Crippen LogP contribution is -2.47. The third kappa shape index (κ3) is 4.51. The van der Waals surface area contributed by atoms with Gasteiger partial charge in [-0.15, -0.1) is 0 Å². The van der Waals surface area contributed by atoms with Crippen molar-refractivity contribution in [2.45, 2.75) is 44.8 Å². The van der Waals surface area contributed by atoms with Crippen LogP contribution in [0, 0.1) is 0 Å². The van der Waals surface area contributed by atoms with Crippen molar-refractivity contribution in [1.29, 1.82) is 0 Å². The van der Waals surface area contributed by atoms with Crippen molar-refractivity contribution < 1.29 is 19.1 Å². The van der Waals surface area contributed by atoms with Gasteiger partial charge >= 0.3 is 6.09 Å². The van der Waals surface area contributed by atoms with Crippen molar-refractivity contribution in [3.63, 3.8) is 0 Å². The van der Waals surface area contributed by atoms with Gasteiger partial charge in [0.15, 0.2) is 6.29 Å². The number of fused-ring (bicyclic) bond motifs is 1. The Labute approximate surface area is 186 Å². The Morgan fingerprint density at radius 2 is 1.88 bits per heavy atom. The second-order valence-corrected chi connectivity index (χ2v) is 9.06. The third-order valence-electron chi connectivity index (χ3n) is 5.56. The molecule has 7 nitrogen and oxygen atoms in total. The van der Waals surface area contributed by atoms with Crippen LogP contribution in [0.3, 0.4) is 0 Å². The minimum Gasteiger partial charge on any atom is -0.444 e. The molecule has 2 unspecified atom stereocenters. The molecule has 1 aromatic heterocycles. The molecule has 0 saturated carbocycles. The lowest BCUT2D eigenvalue weighted by atomic mass is 9.91. The lowest BCUT2D eigenvalue weighted by molar-refractivity contribution is -0.120. The fraction of sp³-hybridized carbons (Fsp3) is 0.320. The first-order valence-corrected chi connectivity index (χ1v) is 10.7. The summed E-state index contributed by atoms with van der Waals surface area (Å²) in [5.74, 6) is -0.408. The largest absolute Gasteiger partial charge is 0.444 e. The normalized spacial score (nSPS) is 18.5. The molecule has 0 aliphatic carbocycles. The number of aromatic amines is 1. The van der Waals surface area contributed by atoms with Crippen molar-refractivity contribution in [3.8, 4) is 0 Å². The fourth-order valence-electron chi connectivity index (χ4n) is 4.20. The van der Waals surface area contributed by atoms with Crippen molar-refractivity contribution in [1.82, 2.24) is 9.88 Å². The van der Waals surface area contributed by atoms with Gasteiger partial charge in [-0.25, -0.2) is 4.79 Å². The molecule has 0 radical (unpaired) electrons. The first-order chi connectivity index (χ1) is 15.2. The summed E-state index contributed by atoms with van der Waals surface area (Å²) in [7, 11) is 0. The van der Waals surface area contributed by atoms with E-state index in [1.165, 1.54) is 4.90 Å². The number of hydrogen-bond acceptors (Lipinski definition) is 4. The average molecular weight is 434 g/mol. The van der Waals surface area contributed by atoms with Gasteiger partial charge in [0.25, 0.3) is 0 Å². The third-order valence-corrected chi connectivity index (χ3v) is 5.56. The zero-order chi connectivity index (χ0) is 22.9. The van der Waals surface area contributed by atoms with Gasteiger partial charge in [-0.1, -0.05) is 30.3 Å². The highest BCUT2D eigenvalue weighted by Gasteiger charge is 2.44. The first kappa shape index (κ1) is 21.6. The number of likely N-dealkylation sites (tertiary alicyclic amines) is 1. The Hall–Kier alpha value is -3.61. The van der Waals surface area contributed by atoms with Crippen LogP contribution < -0.4 is 5.32 Å². The highest BCUT2D eigenvalue weighted by Crippen LogP contribution is 2.35. The van der Waals surface area contributed by atoms with E-state index in [1.54, 1.807) is 18.2 Å². The topological polar surface area (TPSA) is 91.5 Å². The van der Waals surface area contributed by atoms with Crippen molar-refractivity contribution in [2.75, 3.05) is 11.9 Å². The predicted octanol–water partition coefficient (Wildman–Crippen LogP) is 4.71. The van der Waals surface area contributed by atoms with Crippen LogP contribution in [-0.4, -0.2) is 46.4 Å². The molecule has 0 spiro atoms. The van der Waals surface area contributed by atoms with Crippen molar-refractivity contribution in [2.24, 2.45) is 0 Å². The molecule has 2 aromatic carbocycles. The molecule has 2 N–H and O–H groups in total. The van der Waals surface area contributed by atoms with Crippen molar-refractivity contribution >= 4 is 34.9 Å². The standard InChI is InChI=1S/C25H27N3O4/c1-25(2,3)32-24(31)28-12-11-20(16-7-5-4-6-8-16)22(28)23(30)27-18-9-10-21-17(13-18)14-19(15-29)26-21/h4-10,13-15,20,22,26H,11-12H2,1-3H3,(H,27,30). The maximum Gasteiger partial charge on any atom is 0.410 e. The summed E-state index contributed by atoms with van der Waals surface area (Å²) >= 11 is 0. The van der Waals surface area contributed by atoms with Crippen LogP contribution in [-0.2, 0) is 9.53 Å². The Morgan fingerprint density at radius 1 is 1.12 bits per heavy atom. The highest BCUT2D eigenvalue weighted by molar-refractivity contribution is 5.99. The minimum atomic E-state index is -0.695. The number of aldehydes is 1. The quantitative estimate of drug-likeness (QED) is 0.583. The van der Waals surface area contributed by atoms with Crippen molar-refractivity contribution in [3.05, 3.63) is 65.9 Å². The summed E-state index contributed by atoms with van der Waals surface area (Å²) in [4.78, 5) is 41.9. The Balaban J connectivity index is 1.62. The number of nitrogens with one attached hydrogen (secondary N) is 2. The summed E-state index contributed by atoms with van der Waals surface area (Å²) < 4.78 is 5.58. The number of benzene rings is 2. The number of nitrogens with zero attached hydrogens (tertiary/aromatic N) is 1. The minimum absolute atomic E-state index is 0.138. The molecular formula is C25H27N3O4. The van der Waals surface area contributed by atoms with Gasteiger partial charge in [0.2, 0.25) is 5.91 Å². The second kappa shape index (κ2) is 8.49. The van der Waals surface area contributed by atoms with Gasteiger partial charge in [0.05, 0.1) is 5.69 Å². The summed E-state index contributed by atoms with van der Waals surface area (Å²) in [5.41, 5.74) is 2.23. The van der Waals surface area contributed by atoms with Gasteiger partial charge in [0.1, 0.15) is 11.6 Å². The van der Waals surface area contributed by atoms with E-state index in [9.17, 15) is 14.4 Å². The molecule has 1 aliphatic heterocycles. The monoisotopic (exact) mass is 433 g/mol. The highest BCUT2D eigenvalue weighted by atomic mass is 16.6. The maximum atomic E-state index is 13.5. The number of anilines is 1. The van der Waals surface area contributed by atoms with E-state index in [0.29, 0.717) is 24.3 Å². The molecule has 3 aromatic rings. The van der Waals surface area contributed by atoms with E-state index in [2.05, 4.69) is 10.3 Å². The molecule has 2 heterocycles. The van der Waals surface area contributed by atoms with E-state index in [1.807, 2.05) is 57.2 Å². The number of carbonyl (C=O) groups is 3. The number of H-pyrrole nitrogens is 1. The summed E-state index contributed by atoms with van der Waals surface area (Å²) in [6.07, 6.45) is 0.925. The molecular weight excluding hydrogens is 406 g/mol. The zero-order valence-corrected chi connectivity index (χ0v) is 18.4. The van der Waals surface area contributed by atoms with Gasteiger partial charge in [0, 0.05) is 29.1 Å². The van der Waals surface area contributed by atoms with Gasteiger partial charge in [-0.05, 0) is 57.0 Å². The summed E-state index contributed by atoms with van der Waals surface area (Å²) in [6, 6.07) is 16.2. The SMILES string of the molecule is CC(C)(C)OC(=O)N1CCC(c2ccccc2)C1C(=O)Nc1ccc2[nH]c(C=O)cc2c1. The van der Waals surface area contributed by atoms with E-state index in [0.717, 1.165) is 22.8 Å². The number of rotatable bonds is 4. The Kier molecular flexibility index (Phi) is 5.74. The molecule has 4 rings (SSSR count). The van der Waals surface area contributed by atoms with Gasteiger partial charge < -0.3 is 15.0 Å². The Bertz CT molecular complexity index is 1150. The Morgan fingerprint density at radius 3 is 2.56 bits per heavy atom. The van der Waals surface area contributed by atoms with E-state index in [-0.39, 0.29) is 11.8 Å². The van der Waals surface area contributed by atoms with Crippen LogP contribution in [0.5, 0.6) is 0 Å². The van der Waals surface area contributed by atoms with Crippen LogP contribution >= 0.6 is 0 Å². The number of carbonyl (C=O) groups excluding carboxylic acids is 3. The van der Waals surface area contributed by atoms with Crippen LogP contribution in [0.1, 0.15) is 49.2 Å². The number of aromatic nitrogens is 1.